The minimum atomic E-state index is -0.846. The second-order valence-corrected chi connectivity index (χ2v) is 8.80. The van der Waals surface area contributed by atoms with Crippen LogP contribution in [0.3, 0.4) is 0 Å². The van der Waals surface area contributed by atoms with Gasteiger partial charge in [0.15, 0.2) is 0 Å². The monoisotopic (exact) mass is 422 g/mol. The van der Waals surface area contributed by atoms with Gasteiger partial charge in [0, 0.05) is 35.2 Å². The second kappa shape index (κ2) is 7.46. The molecule has 4 aromatic rings. The highest BCUT2D eigenvalue weighted by atomic mass is 32.1. The number of nitrogens with zero attached hydrogens (tertiary/aromatic N) is 3. The number of fused-ring (bicyclic) bond motifs is 2. The van der Waals surface area contributed by atoms with Gasteiger partial charge in [0.2, 0.25) is 0 Å². The summed E-state index contributed by atoms with van der Waals surface area (Å²) in [6.07, 6.45) is 4.60. The smallest absolute Gasteiger partial charge is 0.407 e. The molecule has 4 heterocycles. The molecule has 0 aliphatic carbocycles. The average Bonchev–Trinajstić information content (AvgIpc) is 3.28. The summed E-state index contributed by atoms with van der Waals surface area (Å²) in [6.45, 7) is 1.08. The lowest BCUT2D eigenvalue weighted by Crippen LogP contribution is -2.30. The fourth-order valence-electron chi connectivity index (χ4n) is 3.58. The number of anilines is 2. The van der Waals surface area contributed by atoms with Crippen LogP contribution in [-0.4, -0.2) is 39.2 Å². The SMILES string of the molecule is O=C(O)N1CCC=C(c2cc3c(Nc4ccc5scnc5c4)ccnc3s2)CC1. The van der Waals surface area contributed by atoms with E-state index >= 15 is 0 Å². The van der Waals surface area contributed by atoms with E-state index in [0.717, 1.165) is 44.8 Å². The van der Waals surface area contributed by atoms with Gasteiger partial charge in [-0.1, -0.05) is 6.08 Å². The summed E-state index contributed by atoms with van der Waals surface area (Å²) in [5.74, 6) is 0. The van der Waals surface area contributed by atoms with Crippen molar-refractivity contribution < 1.29 is 9.90 Å². The molecule has 0 radical (unpaired) electrons. The maximum absolute atomic E-state index is 11.3. The molecule has 146 valence electrons. The molecule has 0 unspecified atom stereocenters. The van der Waals surface area contributed by atoms with Gasteiger partial charge in [0.05, 0.1) is 21.4 Å². The van der Waals surface area contributed by atoms with Gasteiger partial charge >= 0.3 is 6.09 Å². The predicted octanol–water partition coefficient (Wildman–Crippen LogP) is 5.81. The molecule has 6 nitrogen and oxygen atoms in total. The maximum atomic E-state index is 11.3. The van der Waals surface area contributed by atoms with Crippen LogP contribution in [0.2, 0.25) is 0 Å². The Kier molecular flexibility index (Phi) is 4.65. The summed E-state index contributed by atoms with van der Waals surface area (Å²) < 4.78 is 1.17. The van der Waals surface area contributed by atoms with E-state index in [1.807, 2.05) is 17.8 Å². The molecule has 2 N–H and O–H groups in total. The van der Waals surface area contributed by atoms with Crippen molar-refractivity contribution in [3.05, 3.63) is 53.0 Å². The lowest BCUT2D eigenvalue weighted by molar-refractivity contribution is 0.148. The highest BCUT2D eigenvalue weighted by molar-refractivity contribution is 7.19. The number of nitrogens with one attached hydrogen (secondary N) is 1. The Labute approximate surface area is 175 Å². The van der Waals surface area contributed by atoms with Gasteiger partial charge in [0.1, 0.15) is 4.83 Å². The second-order valence-electron chi connectivity index (χ2n) is 6.89. The number of hydrogen-bond acceptors (Lipinski definition) is 6. The number of thiazole rings is 1. The van der Waals surface area contributed by atoms with Gasteiger partial charge in [-0.25, -0.2) is 14.8 Å². The quantitative estimate of drug-likeness (QED) is 0.436. The Hall–Kier alpha value is -2.97. The van der Waals surface area contributed by atoms with Crippen LogP contribution in [0.1, 0.15) is 17.7 Å². The Morgan fingerprint density at radius 2 is 2.10 bits per heavy atom. The van der Waals surface area contributed by atoms with Crippen LogP contribution in [-0.2, 0) is 0 Å². The molecule has 5 rings (SSSR count). The van der Waals surface area contributed by atoms with Gasteiger partial charge in [-0.15, -0.1) is 22.7 Å². The van der Waals surface area contributed by atoms with Crippen LogP contribution in [0, 0.1) is 0 Å². The lowest BCUT2D eigenvalue weighted by Gasteiger charge is -2.15. The molecule has 1 aromatic carbocycles. The summed E-state index contributed by atoms with van der Waals surface area (Å²) in [5, 5.41) is 13.8. The Bertz CT molecular complexity index is 1240. The molecule has 0 saturated carbocycles. The molecule has 0 bridgehead atoms. The molecule has 1 aliphatic rings. The molecular weight excluding hydrogens is 404 g/mol. The van der Waals surface area contributed by atoms with Crippen molar-refractivity contribution in [2.45, 2.75) is 12.8 Å². The fourth-order valence-corrected chi connectivity index (χ4v) is 5.33. The summed E-state index contributed by atoms with van der Waals surface area (Å²) in [7, 11) is 0. The van der Waals surface area contributed by atoms with E-state index in [1.165, 1.54) is 15.2 Å². The Balaban J connectivity index is 1.45. The molecule has 0 fully saturated rings. The topological polar surface area (TPSA) is 78.4 Å². The first kappa shape index (κ1) is 18.1. The summed E-state index contributed by atoms with van der Waals surface area (Å²) in [4.78, 5) is 23.8. The molecule has 0 atom stereocenters. The molecule has 3 aromatic heterocycles. The number of pyridine rings is 1. The van der Waals surface area contributed by atoms with E-state index in [0.29, 0.717) is 13.1 Å². The van der Waals surface area contributed by atoms with Crippen LogP contribution in [0.5, 0.6) is 0 Å². The summed E-state index contributed by atoms with van der Waals surface area (Å²) >= 11 is 3.29. The van der Waals surface area contributed by atoms with Crippen molar-refractivity contribution in [3.8, 4) is 0 Å². The minimum absolute atomic E-state index is 0.529. The van der Waals surface area contributed by atoms with E-state index in [4.69, 9.17) is 0 Å². The number of carboxylic acid groups (broad SMARTS) is 1. The lowest BCUT2D eigenvalue weighted by atomic mass is 10.1. The average molecular weight is 423 g/mol. The van der Waals surface area contributed by atoms with Gasteiger partial charge in [-0.2, -0.15) is 0 Å². The number of amides is 1. The first-order valence-electron chi connectivity index (χ1n) is 9.33. The molecule has 29 heavy (non-hydrogen) atoms. The van der Waals surface area contributed by atoms with Crippen molar-refractivity contribution in [1.29, 1.82) is 0 Å². The van der Waals surface area contributed by atoms with Gasteiger partial charge in [-0.3, -0.25) is 0 Å². The normalized spacial score (nSPS) is 14.8. The number of rotatable bonds is 3. The number of aromatic nitrogens is 2. The van der Waals surface area contributed by atoms with Crippen LogP contribution >= 0.6 is 22.7 Å². The molecule has 0 saturated heterocycles. The van der Waals surface area contributed by atoms with Crippen LogP contribution in [0.25, 0.3) is 26.0 Å². The maximum Gasteiger partial charge on any atom is 0.407 e. The van der Waals surface area contributed by atoms with Gasteiger partial charge in [0.25, 0.3) is 0 Å². The highest BCUT2D eigenvalue weighted by Gasteiger charge is 2.17. The highest BCUT2D eigenvalue weighted by Crippen LogP contribution is 2.36. The largest absolute Gasteiger partial charge is 0.465 e. The van der Waals surface area contributed by atoms with Crippen molar-refractivity contribution in [2.75, 3.05) is 18.4 Å². The summed E-state index contributed by atoms with van der Waals surface area (Å²) in [5.41, 5.74) is 6.05. The Morgan fingerprint density at radius 3 is 3.00 bits per heavy atom. The third-order valence-corrected chi connectivity index (χ3v) is 7.00. The zero-order valence-electron chi connectivity index (χ0n) is 15.5. The number of hydrogen-bond donors (Lipinski definition) is 2. The zero-order valence-corrected chi connectivity index (χ0v) is 17.1. The molecule has 1 aliphatic heterocycles. The van der Waals surface area contributed by atoms with Crippen molar-refractivity contribution in [2.24, 2.45) is 0 Å². The minimum Gasteiger partial charge on any atom is -0.465 e. The fraction of sp³-hybridized carbons (Fsp3) is 0.190. The van der Waals surface area contributed by atoms with Crippen molar-refractivity contribution in [3.63, 3.8) is 0 Å². The first-order valence-corrected chi connectivity index (χ1v) is 11.0. The van der Waals surface area contributed by atoms with Crippen LogP contribution in [0.4, 0.5) is 16.2 Å². The van der Waals surface area contributed by atoms with Gasteiger partial charge < -0.3 is 15.3 Å². The van der Waals surface area contributed by atoms with Crippen molar-refractivity contribution >= 4 is 66.1 Å². The van der Waals surface area contributed by atoms with Crippen LogP contribution in [0.15, 0.2) is 48.1 Å². The third-order valence-electron chi connectivity index (χ3n) is 5.07. The van der Waals surface area contributed by atoms with E-state index < -0.39 is 6.09 Å². The molecule has 1 amide bonds. The standard InChI is InChI=1S/C21H18N4O2S2/c26-21(27)25-8-1-2-13(6-9-25)19-11-15-16(5-7-22-20(15)29-19)24-14-3-4-18-17(10-14)23-12-28-18/h2-5,7,10-12H,1,6,8-9H2,(H,22,24)(H,26,27). The van der Waals surface area contributed by atoms with E-state index in [9.17, 15) is 9.90 Å². The molecule has 0 spiro atoms. The Morgan fingerprint density at radius 1 is 1.17 bits per heavy atom. The summed E-state index contributed by atoms with van der Waals surface area (Å²) in [6, 6.07) is 10.3. The predicted molar refractivity (Wildman–Crippen MR) is 119 cm³/mol. The molecule has 8 heteroatoms. The van der Waals surface area contributed by atoms with E-state index in [1.54, 1.807) is 22.7 Å². The zero-order chi connectivity index (χ0) is 19.8. The number of carbonyl (C=O) groups is 1. The number of thiophene rings is 1. The van der Waals surface area contributed by atoms with Gasteiger partial charge in [-0.05, 0) is 48.7 Å². The van der Waals surface area contributed by atoms with Crippen LogP contribution < -0.4 is 5.32 Å². The van der Waals surface area contributed by atoms with E-state index in [2.05, 4.69) is 45.6 Å². The van der Waals surface area contributed by atoms with E-state index in [-0.39, 0.29) is 0 Å². The third kappa shape index (κ3) is 3.56. The van der Waals surface area contributed by atoms with Crippen molar-refractivity contribution in [1.82, 2.24) is 14.9 Å². The first-order chi connectivity index (χ1) is 14.2. The molecular formula is C21H18N4O2S2. The number of benzene rings is 1.